The van der Waals surface area contributed by atoms with E-state index in [4.69, 9.17) is 9.84 Å². The van der Waals surface area contributed by atoms with Crippen LogP contribution in [0.25, 0.3) is 0 Å². The van der Waals surface area contributed by atoms with Gasteiger partial charge in [-0.15, -0.1) is 0 Å². The highest BCUT2D eigenvalue weighted by Gasteiger charge is 2.21. The monoisotopic (exact) mass is 319 g/mol. The van der Waals surface area contributed by atoms with Crippen LogP contribution in [0.1, 0.15) is 55.7 Å². The van der Waals surface area contributed by atoms with Crippen molar-refractivity contribution in [2.45, 2.75) is 57.6 Å². The molecule has 1 amide bonds. The van der Waals surface area contributed by atoms with Gasteiger partial charge in [0.25, 0.3) is 0 Å². The number of carbonyl (C=O) groups excluding carboxylic acids is 1. The second-order valence-electron chi connectivity index (χ2n) is 6.10. The molecule has 0 saturated carbocycles. The van der Waals surface area contributed by atoms with Gasteiger partial charge in [-0.1, -0.05) is 24.3 Å². The normalized spacial score (nSPS) is 19.1. The number of carboxylic acids is 1. The molecule has 1 aliphatic rings. The van der Waals surface area contributed by atoms with Crippen molar-refractivity contribution in [2.24, 2.45) is 0 Å². The van der Waals surface area contributed by atoms with Crippen LogP contribution in [0.15, 0.2) is 24.3 Å². The molecule has 0 radical (unpaired) electrons. The molecule has 0 spiro atoms. The third kappa shape index (κ3) is 5.67. The van der Waals surface area contributed by atoms with E-state index in [1.54, 1.807) is 0 Å². The topological polar surface area (TPSA) is 75.6 Å². The zero-order valence-corrected chi connectivity index (χ0v) is 13.6. The number of rotatable bonds is 7. The fraction of sp³-hybridized carbons (Fsp3) is 0.556. The van der Waals surface area contributed by atoms with E-state index in [0.29, 0.717) is 12.8 Å². The van der Waals surface area contributed by atoms with E-state index in [1.165, 1.54) is 0 Å². The number of aliphatic carboxylic acids is 1. The molecule has 5 heteroatoms. The molecular weight excluding hydrogens is 294 g/mol. The smallest absolute Gasteiger partial charge is 0.305 e. The van der Waals surface area contributed by atoms with Gasteiger partial charge < -0.3 is 15.2 Å². The van der Waals surface area contributed by atoms with Crippen molar-refractivity contribution < 1.29 is 19.4 Å². The molecule has 1 fully saturated rings. The summed E-state index contributed by atoms with van der Waals surface area (Å²) in [5.74, 6) is -1.04. The van der Waals surface area contributed by atoms with E-state index < -0.39 is 12.0 Å². The van der Waals surface area contributed by atoms with Crippen LogP contribution in [-0.4, -0.2) is 29.7 Å². The Morgan fingerprint density at radius 1 is 1.35 bits per heavy atom. The molecule has 23 heavy (non-hydrogen) atoms. The highest BCUT2D eigenvalue weighted by molar-refractivity contribution is 5.77. The van der Waals surface area contributed by atoms with E-state index in [9.17, 15) is 9.59 Å². The lowest BCUT2D eigenvalue weighted by Crippen LogP contribution is -2.31. The van der Waals surface area contributed by atoms with Crippen LogP contribution in [-0.2, 0) is 14.3 Å². The molecule has 0 unspecified atom stereocenters. The minimum atomic E-state index is -0.922. The quantitative estimate of drug-likeness (QED) is 0.810. The fourth-order valence-corrected chi connectivity index (χ4v) is 2.98. The Bertz CT molecular complexity index is 538. The fourth-order valence-electron chi connectivity index (χ4n) is 2.98. The molecule has 0 bridgehead atoms. The Morgan fingerprint density at radius 2 is 2.13 bits per heavy atom. The first-order valence-corrected chi connectivity index (χ1v) is 8.24. The van der Waals surface area contributed by atoms with Crippen LogP contribution >= 0.6 is 0 Å². The molecular formula is C18H25NO4. The summed E-state index contributed by atoms with van der Waals surface area (Å²) in [6.07, 6.45) is 4.35. The number of nitrogens with one attached hydrogen (secondary N) is 1. The third-order valence-corrected chi connectivity index (χ3v) is 4.25. The Kier molecular flexibility index (Phi) is 6.59. The van der Waals surface area contributed by atoms with Gasteiger partial charge in [0.05, 0.1) is 18.6 Å². The maximum Gasteiger partial charge on any atom is 0.305 e. The highest BCUT2D eigenvalue weighted by Crippen LogP contribution is 2.22. The van der Waals surface area contributed by atoms with Crippen LogP contribution in [0.3, 0.4) is 0 Å². The van der Waals surface area contributed by atoms with Gasteiger partial charge in [-0.3, -0.25) is 9.59 Å². The van der Waals surface area contributed by atoms with Gasteiger partial charge in [0.2, 0.25) is 5.91 Å². The molecule has 1 aliphatic heterocycles. The van der Waals surface area contributed by atoms with Crippen LogP contribution in [0, 0.1) is 6.92 Å². The maximum absolute atomic E-state index is 12.2. The lowest BCUT2D eigenvalue weighted by Gasteiger charge is -2.23. The van der Waals surface area contributed by atoms with Gasteiger partial charge in [0, 0.05) is 13.0 Å². The Balaban J connectivity index is 1.93. The van der Waals surface area contributed by atoms with Gasteiger partial charge in [0.1, 0.15) is 0 Å². The van der Waals surface area contributed by atoms with Crippen molar-refractivity contribution in [2.75, 3.05) is 6.61 Å². The summed E-state index contributed by atoms with van der Waals surface area (Å²) in [5.41, 5.74) is 1.84. The molecule has 1 aromatic rings. The minimum Gasteiger partial charge on any atom is -0.481 e. The van der Waals surface area contributed by atoms with Crippen molar-refractivity contribution in [3.05, 3.63) is 35.4 Å². The average Bonchev–Trinajstić information content (AvgIpc) is 2.53. The second kappa shape index (κ2) is 8.67. The van der Waals surface area contributed by atoms with Crippen LogP contribution in [0.4, 0.5) is 0 Å². The first-order valence-electron chi connectivity index (χ1n) is 8.24. The van der Waals surface area contributed by atoms with Gasteiger partial charge in [0.15, 0.2) is 0 Å². The molecule has 5 nitrogen and oxygen atoms in total. The Labute approximate surface area is 137 Å². The molecule has 1 saturated heterocycles. The van der Waals surface area contributed by atoms with E-state index in [0.717, 1.165) is 37.0 Å². The van der Waals surface area contributed by atoms with E-state index in [-0.39, 0.29) is 18.4 Å². The first-order chi connectivity index (χ1) is 11.1. The van der Waals surface area contributed by atoms with Crippen molar-refractivity contribution in [1.29, 1.82) is 0 Å². The molecule has 2 atom stereocenters. The lowest BCUT2D eigenvalue weighted by atomic mass is 9.98. The molecule has 2 N–H and O–H groups in total. The number of ether oxygens (including phenoxy) is 1. The summed E-state index contributed by atoms with van der Waals surface area (Å²) in [7, 11) is 0. The summed E-state index contributed by atoms with van der Waals surface area (Å²) in [5, 5.41) is 12.0. The molecule has 126 valence electrons. The van der Waals surface area contributed by atoms with Gasteiger partial charge in [-0.2, -0.15) is 0 Å². The summed E-state index contributed by atoms with van der Waals surface area (Å²) in [6.45, 7) is 2.70. The van der Waals surface area contributed by atoms with Gasteiger partial charge >= 0.3 is 5.97 Å². The molecule has 1 aromatic carbocycles. The molecule has 1 heterocycles. The van der Waals surface area contributed by atoms with Gasteiger partial charge in [-0.25, -0.2) is 0 Å². The summed E-state index contributed by atoms with van der Waals surface area (Å²) >= 11 is 0. The standard InChI is InChI=1S/C18H25NO4/c1-13-6-2-3-8-15(13)16(12-18(21)22)19-17(20)10-9-14-7-4-5-11-23-14/h2-3,6,8,14,16H,4-5,7,9-12H2,1H3,(H,19,20)(H,21,22)/t14-,16+/m0/s1. The van der Waals surface area contributed by atoms with Gasteiger partial charge in [-0.05, 0) is 43.7 Å². The average molecular weight is 319 g/mol. The van der Waals surface area contributed by atoms with E-state index >= 15 is 0 Å². The zero-order valence-electron chi connectivity index (χ0n) is 13.6. The summed E-state index contributed by atoms with van der Waals surface area (Å²) < 4.78 is 5.63. The Hall–Kier alpha value is -1.88. The van der Waals surface area contributed by atoms with Crippen LogP contribution in [0.2, 0.25) is 0 Å². The number of benzene rings is 1. The molecule has 0 aliphatic carbocycles. The number of amides is 1. The number of carbonyl (C=O) groups is 2. The van der Waals surface area contributed by atoms with E-state index in [1.807, 2.05) is 31.2 Å². The number of hydrogen-bond donors (Lipinski definition) is 2. The first kappa shape index (κ1) is 17.5. The predicted molar refractivity (Wildman–Crippen MR) is 87.1 cm³/mol. The highest BCUT2D eigenvalue weighted by atomic mass is 16.5. The molecule has 0 aromatic heterocycles. The maximum atomic E-state index is 12.2. The zero-order chi connectivity index (χ0) is 16.7. The number of aryl methyl sites for hydroxylation is 1. The van der Waals surface area contributed by atoms with Crippen molar-refractivity contribution >= 4 is 11.9 Å². The predicted octanol–water partition coefficient (Wildman–Crippen LogP) is 2.98. The van der Waals surface area contributed by atoms with Crippen LogP contribution < -0.4 is 5.32 Å². The Morgan fingerprint density at radius 3 is 2.78 bits per heavy atom. The number of carboxylic acid groups (broad SMARTS) is 1. The number of hydrogen-bond acceptors (Lipinski definition) is 3. The second-order valence-corrected chi connectivity index (χ2v) is 6.10. The largest absolute Gasteiger partial charge is 0.481 e. The minimum absolute atomic E-state index is 0.115. The van der Waals surface area contributed by atoms with Crippen molar-refractivity contribution in [1.82, 2.24) is 5.32 Å². The lowest BCUT2D eigenvalue weighted by molar-refractivity contribution is -0.137. The summed E-state index contributed by atoms with van der Waals surface area (Å²) in [6, 6.07) is 7.06. The third-order valence-electron chi connectivity index (χ3n) is 4.25. The van der Waals surface area contributed by atoms with Crippen molar-refractivity contribution in [3.8, 4) is 0 Å². The van der Waals surface area contributed by atoms with Crippen molar-refractivity contribution in [3.63, 3.8) is 0 Å². The summed E-state index contributed by atoms with van der Waals surface area (Å²) in [4.78, 5) is 23.3. The SMILES string of the molecule is Cc1ccccc1[C@@H](CC(=O)O)NC(=O)CC[C@@H]1CCCCO1. The molecule has 2 rings (SSSR count). The van der Waals surface area contributed by atoms with E-state index in [2.05, 4.69) is 5.32 Å². The van der Waals surface area contributed by atoms with Crippen LogP contribution in [0.5, 0.6) is 0 Å².